The normalized spacial score (nSPS) is 12.3. The number of aromatic nitrogens is 4. The highest BCUT2D eigenvalue weighted by Crippen LogP contribution is 2.47. The van der Waals surface area contributed by atoms with E-state index in [1.807, 2.05) is 54.9 Å². The molecule has 0 fully saturated rings. The Labute approximate surface area is 311 Å². The van der Waals surface area contributed by atoms with Crippen molar-refractivity contribution in [2.24, 2.45) is 0 Å². The minimum Gasteiger partial charge on any atom is -0.491 e. The van der Waals surface area contributed by atoms with E-state index in [9.17, 15) is 14.3 Å². The molecule has 0 spiro atoms. The van der Waals surface area contributed by atoms with Crippen molar-refractivity contribution < 1.29 is 32.9 Å². The molecule has 0 aliphatic heterocycles. The van der Waals surface area contributed by atoms with Gasteiger partial charge in [-0.3, -0.25) is 4.68 Å². The standard InChI is InChI=1S/C40H41ClFN5O6/c1-24-29(15-16-31(35(24)41)50-20-19-46(5)6)33-34-37(43-23-44-38(34)53-36(33)25-11-13-27(42)14-12-25)52-32(39(48)49)21-26-9-7-8-10-30(26)51-22-28-17-18-45-47(28)40(2,3)4/h7-18,23,32H,19-22H2,1-6H3,(H,48,49)/t32-/m1/s1. The minimum atomic E-state index is -1.38. The maximum Gasteiger partial charge on any atom is 0.345 e. The summed E-state index contributed by atoms with van der Waals surface area (Å²) in [7, 11) is 3.91. The van der Waals surface area contributed by atoms with Gasteiger partial charge in [0.2, 0.25) is 17.7 Å². The fraction of sp³-hybridized carbons (Fsp3) is 0.300. The van der Waals surface area contributed by atoms with Crippen molar-refractivity contribution in [2.45, 2.75) is 52.4 Å². The van der Waals surface area contributed by atoms with Crippen LogP contribution in [0, 0.1) is 12.7 Å². The molecule has 0 bridgehead atoms. The van der Waals surface area contributed by atoms with Crippen LogP contribution < -0.4 is 14.2 Å². The van der Waals surface area contributed by atoms with E-state index in [1.54, 1.807) is 36.5 Å². The molecule has 11 nitrogen and oxygen atoms in total. The second kappa shape index (κ2) is 15.6. The first kappa shape index (κ1) is 37.3. The number of carboxylic acid groups (broad SMARTS) is 1. The van der Waals surface area contributed by atoms with Crippen molar-refractivity contribution >= 4 is 28.7 Å². The fourth-order valence-corrected chi connectivity index (χ4v) is 6.18. The van der Waals surface area contributed by atoms with Crippen LogP contribution in [0.3, 0.4) is 0 Å². The SMILES string of the molecule is Cc1c(-c2c(-c3ccc(F)cc3)oc3ncnc(O[C@H](Cc4ccccc4OCc4ccnn4C(C)(C)C)C(=O)O)c23)ccc(OCCN(C)C)c1Cl. The topological polar surface area (TPSA) is 125 Å². The number of aliphatic carboxylic acids is 1. The number of furan rings is 1. The second-order valence-corrected chi connectivity index (χ2v) is 14.2. The van der Waals surface area contributed by atoms with E-state index < -0.39 is 17.9 Å². The van der Waals surface area contributed by atoms with Crippen LogP contribution in [0.1, 0.15) is 37.6 Å². The van der Waals surface area contributed by atoms with E-state index >= 15 is 0 Å². The number of rotatable bonds is 14. The minimum absolute atomic E-state index is 0.0103. The Morgan fingerprint density at radius 3 is 2.49 bits per heavy atom. The summed E-state index contributed by atoms with van der Waals surface area (Å²) in [5, 5.41) is 15.6. The predicted octanol–water partition coefficient (Wildman–Crippen LogP) is 8.20. The number of hydrogen-bond acceptors (Lipinski definition) is 9. The molecule has 3 aromatic heterocycles. The number of carboxylic acids is 1. The summed E-state index contributed by atoms with van der Waals surface area (Å²) >= 11 is 6.89. The average molecular weight is 742 g/mol. The first-order valence-corrected chi connectivity index (χ1v) is 17.4. The third-order valence-electron chi connectivity index (χ3n) is 8.62. The van der Waals surface area contributed by atoms with Crippen molar-refractivity contribution in [3.8, 4) is 39.8 Å². The number of benzene rings is 3. The van der Waals surface area contributed by atoms with Gasteiger partial charge in [-0.25, -0.2) is 19.2 Å². The molecule has 0 radical (unpaired) electrons. The van der Waals surface area contributed by atoms with Crippen molar-refractivity contribution in [2.75, 3.05) is 27.2 Å². The summed E-state index contributed by atoms with van der Waals surface area (Å²) in [6, 6.07) is 18.6. The van der Waals surface area contributed by atoms with Crippen LogP contribution in [0.4, 0.5) is 4.39 Å². The van der Waals surface area contributed by atoms with E-state index in [0.717, 1.165) is 5.69 Å². The van der Waals surface area contributed by atoms with E-state index in [0.29, 0.717) is 68.6 Å². The number of para-hydroxylation sites is 1. The first-order valence-electron chi connectivity index (χ1n) is 17.1. The van der Waals surface area contributed by atoms with Gasteiger partial charge < -0.3 is 28.6 Å². The van der Waals surface area contributed by atoms with Gasteiger partial charge in [0.05, 0.1) is 16.3 Å². The van der Waals surface area contributed by atoms with Crippen LogP contribution >= 0.6 is 11.6 Å². The van der Waals surface area contributed by atoms with Crippen molar-refractivity contribution in [1.82, 2.24) is 24.6 Å². The van der Waals surface area contributed by atoms with Crippen molar-refractivity contribution in [3.63, 3.8) is 0 Å². The molecule has 0 amide bonds. The molecule has 0 aliphatic rings. The predicted molar refractivity (Wildman–Crippen MR) is 200 cm³/mol. The molecule has 6 aromatic rings. The zero-order chi connectivity index (χ0) is 37.9. The fourth-order valence-electron chi connectivity index (χ4n) is 5.96. The smallest absolute Gasteiger partial charge is 0.345 e. The molecule has 1 N–H and O–H groups in total. The van der Waals surface area contributed by atoms with Gasteiger partial charge in [0.25, 0.3) is 0 Å². The Hall–Kier alpha value is -5.46. The summed E-state index contributed by atoms with van der Waals surface area (Å²) in [5.41, 5.74) is 3.77. The highest BCUT2D eigenvalue weighted by atomic mass is 35.5. The number of fused-ring (bicyclic) bond motifs is 1. The summed E-state index contributed by atoms with van der Waals surface area (Å²) in [4.78, 5) is 23.6. The largest absolute Gasteiger partial charge is 0.491 e. The highest BCUT2D eigenvalue weighted by molar-refractivity contribution is 6.33. The summed E-state index contributed by atoms with van der Waals surface area (Å²) in [5.74, 6) is -0.262. The lowest BCUT2D eigenvalue weighted by molar-refractivity contribution is -0.145. The van der Waals surface area contributed by atoms with E-state index in [2.05, 4.69) is 35.8 Å². The third kappa shape index (κ3) is 8.29. The van der Waals surface area contributed by atoms with Gasteiger partial charge in [0.15, 0.2) is 0 Å². The molecule has 13 heteroatoms. The molecule has 0 aliphatic carbocycles. The number of hydrogen-bond donors (Lipinski definition) is 1. The maximum atomic E-state index is 14.0. The van der Waals surface area contributed by atoms with E-state index in [-0.39, 0.29) is 30.2 Å². The van der Waals surface area contributed by atoms with Crippen LogP contribution in [0.5, 0.6) is 17.4 Å². The van der Waals surface area contributed by atoms with Gasteiger partial charge in [-0.15, -0.1) is 0 Å². The van der Waals surface area contributed by atoms with Gasteiger partial charge in [-0.05, 0) is 101 Å². The average Bonchev–Trinajstić information content (AvgIpc) is 3.76. The van der Waals surface area contributed by atoms with Gasteiger partial charge in [-0.1, -0.05) is 35.9 Å². The molecule has 0 unspecified atom stereocenters. The molecular weight excluding hydrogens is 701 g/mol. The first-order chi connectivity index (χ1) is 25.3. The number of carbonyl (C=O) groups is 1. The molecule has 3 heterocycles. The zero-order valence-corrected chi connectivity index (χ0v) is 31.1. The van der Waals surface area contributed by atoms with Crippen LogP contribution in [0.15, 0.2) is 83.7 Å². The van der Waals surface area contributed by atoms with E-state index in [4.69, 9.17) is 30.2 Å². The monoisotopic (exact) mass is 741 g/mol. The Morgan fingerprint density at radius 1 is 1.02 bits per heavy atom. The molecular formula is C40H41ClFN5O6. The van der Waals surface area contributed by atoms with Gasteiger partial charge in [-0.2, -0.15) is 5.10 Å². The number of halogens is 2. The Balaban J connectivity index is 1.38. The van der Waals surface area contributed by atoms with Crippen LogP contribution in [-0.4, -0.2) is 69.1 Å². The highest BCUT2D eigenvalue weighted by Gasteiger charge is 2.29. The number of ether oxygens (including phenoxy) is 3. The molecule has 53 heavy (non-hydrogen) atoms. The summed E-state index contributed by atoms with van der Waals surface area (Å²) in [6.07, 6.45) is 1.54. The molecule has 0 saturated heterocycles. The summed E-state index contributed by atoms with van der Waals surface area (Å²) in [6.45, 7) is 9.36. The molecule has 1 atom stereocenters. The van der Waals surface area contributed by atoms with Crippen LogP contribution in [0.25, 0.3) is 33.6 Å². The number of nitrogens with zero attached hydrogens (tertiary/aromatic N) is 5. The Morgan fingerprint density at radius 2 is 1.77 bits per heavy atom. The maximum absolute atomic E-state index is 14.0. The third-order valence-corrected chi connectivity index (χ3v) is 9.09. The number of likely N-dealkylation sites (N-methyl/N-ethyl adjacent to an activating group) is 1. The quantitative estimate of drug-likeness (QED) is 0.117. The lowest BCUT2D eigenvalue weighted by atomic mass is 9.95. The Kier molecular flexibility index (Phi) is 11.0. The molecule has 6 rings (SSSR count). The molecule has 3 aromatic carbocycles. The van der Waals surface area contributed by atoms with E-state index in [1.165, 1.54) is 18.5 Å². The molecule has 0 saturated carbocycles. The van der Waals surface area contributed by atoms with Crippen LogP contribution in [-0.2, 0) is 23.4 Å². The second-order valence-electron chi connectivity index (χ2n) is 13.8. The van der Waals surface area contributed by atoms with Gasteiger partial charge in [0, 0.05) is 30.3 Å². The lowest BCUT2D eigenvalue weighted by Crippen LogP contribution is -2.30. The Bertz CT molecular complexity index is 2230. The van der Waals surface area contributed by atoms with Crippen LogP contribution in [0.2, 0.25) is 5.02 Å². The van der Waals surface area contributed by atoms with Gasteiger partial charge >= 0.3 is 5.97 Å². The van der Waals surface area contributed by atoms with Crippen molar-refractivity contribution in [1.29, 1.82) is 0 Å². The summed E-state index contributed by atoms with van der Waals surface area (Å²) < 4.78 is 40.7. The zero-order valence-electron chi connectivity index (χ0n) is 30.4. The lowest BCUT2D eigenvalue weighted by Gasteiger charge is -2.23. The van der Waals surface area contributed by atoms with Crippen molar-refractivity contribution in [3.05, 3.63) is 107 Å². The molecule has 276 valence electrons. The van der Waals surface area contributed by atoms with Gasteiger partial charge in [0.1, 0.15) is 48.0 Å².